The van der Waals surface area contributed by atoms with Gasteiger partial charge >= 0.3 is 12.1 Å². The Hall–Kier alpha value is -2.59. The molecule has 0 spiro atoms. The Morgan fingerprint density at radius 3 is 2.23 bits per heavy atom. The molecule has 1 N–H and O–H groups in total. The second-order valence-electron chi connectivity index (χ2n) is 7.41. The molecular formula is C21H31N3O6S. The van der Waals surface area contributed by atoms with E-state index in [-0.39, 0.29) is 10.8 Å². The Kier molecular flexibility index (Phi) is 9.07. The third kappa shape index (κ3) is 5.76. The van der Waals surface area contributed by atoms with Crippen LogP contribution in [0.3, 0.4) is 0 Å². The smallest absolute Gasteiger partial charge is 0.435 e. The Labute approximate surface area is 187 Å². The summed E-state index contributed by atoms with van der Waals surface area (Å²) in [6.07, 6.45) is 0.100. The van der Waals surface area contributed by atoms with Gasteiger partial charge in [0.05, 0.1) is 13.5 Å². The summed E-state index contributed by atoms with van der Waals surface area (Å²) in [4.78, 5) is 38.9. The first-order valence-corrected chi connectivity index (χ1v) is 11.0. The van der Waals surface area contributed by atoms with Crippen LogP contribution in [0.4, 0.5) is 4.79 Å². The summed E-state index contributed by atoms with van der Waals surface area (Å²) < 4.78 is 9.93. The van der Waals surface area contributed by atoms with Crippen molar-refractivity contribution >= 4 is 35.4 Å². The standard InChI is InChI=1S/C19H25N3O6S.C2H6/c1-18(2,3)28-17(25)22(26)19(11-14(23)27-5)15(20-21(4)16(19)24)12-7-9-13(29-6)10-8-12;1-2/h7-10,26H,11H2,1-6H3;1-2H3. The number of likely N-dealkylation sites (N-methyl/N-ethyl adjacent to an activating group) is 1. The lowest BCUT2D eigenvalue weighted by Gasteiger charge is -2.35. The lowest BCUT2D eigenvalue weighted by atomic mass is 9.84. The summed E-state index contributed by atoms with van der Waals surface area (Å²) >= 11 is 1.53. The molecule has 2 amide bonds. The van der Waals surface area contributed by atoms with Gasteiger partial charge in [-0.3, -0.25) is 14.8 Å². The van der Waals surface area contributed by atoms with E-state index < -0.39 is 35.5 Å². The predicted octanol–water partition coefficient (Wildman–Crippen LogP) is 3.54. The fourth-order valence-electron chi connectivity index (χ4n) is 2.86. The van der Waals surface area contributed by atoms with Crippen LogP contribution in [0.25, 0.3) is 0 Å². The first kappa shape index (κ1) is 26.4. The van der Waals surface area contributed by atoms with Crippen molar-refractivity contribution in [3.8, 4) is 0 Å². The van der Waals surface area contributed by atoms with Gasteiger partial charge in [-0.05, 0) is 39.2 Å². The topological polar surface area (TPSA) is 109 Å². The van der Waals surface area contributed by atoms with Crippen molar-refractivity contribution in [2.45, 2.75) is 57.1 Å². The van der Waals surface area contributed by atoms with E-state index in [1.165, 1.54) is 18.8 Å². The zero-order valence-electron chi connectivity index (χ0n) is 19.3. The first-order valence-electron chi connectivity index (χ1n) is 9.77. The molecule has 0 aromatic heterocycles. The highest BCUT2D eigenvalue weighted by Crippen LogP contribution is 2.34. The van der Waals surface area contributed by atoms with E-state index in [9.17, 15) is 19.6 Å². The van der Waals surface area contributed by atoms with Gasteiger partial charge in [-0.2, -0.15) is 10.2 Å². The number of esters is 1. The Bertz CT molecular complexity index is 835. The number of hydrogen-bond acceptors (Lipinski definition) is 8. The van der Waals surface area contributed by atoms with Gasteiger partial charge in [-0.15, -0.1) is 11.8 Å². The number of carbonyl (C=O) groups excluding carboxylic acids is 3. The van der Waals surface area contributed by atoms with Crippen LogP contribution in [0.2, 0.25) is 0 Å². The molecule has 1 aromatic rings. The molecule has 2 rings (SSSR count). The molecular weight excluding hydrogens is 422 g/mol. The minimum Gasteiger partial charge on any atom is -0.469 e. The molecule has 1 aliphatic rings. The highest BCUT2D eigenvalue weighted by molar-refractivity contribution is 7.98. The van der Waals surface area contributed by atoms with Gasteiger partial charge in [0.2, 0.25) is 5.54 Å². The van der Waals surface area contributed by atoms with Gasteiger partial charge in [0.25, 0.3) is 5.91 Å². The lowest BCUT2D eigenvalue weighted by Crippen LogP contribution is -2.62. The number of amides is 2. The molecule has 9 nitrogen and oxygen atoms in total. The second kappa shape index (κ2) is 10.6. The van der Waals surface area contributed by atoms with Crippen molar-refractivity contribution in [1.82, 2.24) is 10.1 Å². The highest BCUT2D eigenvalue weighted by atomic mass is 32.2. The maximum Gasteiger partial charge on any atom is 0.435 e. The Balaban J connectivity index is 0.00000233. The van der Waals surface area contributed by atoms with Crippen LogP contribution in [0, 0.1) is 0 Å². The molecule has 172 valence electrons. The Morgan fingerprint density at radius 2 is 1.77 bits per heavy atom. The van der Waals surface area contributed by atoms with Crippen molar-refractivity contribution in [3.63, 3.8) is 0 Å². The molecule has 0 radical (unpaired) electrons. The number of ether oxygens (including phenoxy) is 2. The molecule has 1 heterocycles. The number of rotatable bonds is 5. The summed E-state index contributed by atoms with van der Waals surface area (Å²) in [6.45, 7) is 8.85. The normalized spacial score (nSPS) is 18.0. The maximum atomic E-state index is 13.1. The summed E-state index contributed by atoms with van der Waals surface area (Å²) in [5.41, 5.74) is -2.55. The molecule has 1 unspecified atom stereocenters. The number of hydrogen-bond donors (Lipinski definition) is 1. The molecule has 0 fully saturated rings. The monoisotopic (exact) mass is 453 g/mol. The fraction of sp³-hybridized carbons (Fsp3) is 0.524. The van der Waals surface area contributed by atoms with Gasteiger partial charge in [0.15, 0.2) is 0 Å². The van der Waals surface area contributed by atoms with Gasteiger partial charge < -0.3 is 9.47 Å². The van der Waals surface area contributed by atoms with Crippen LogP contribution >= 0.6 is 11.8 Å². The van der Waals surface area contributed by atoms with Gasteiger partial charge in [0.1, 0.15) is 11.3 Å². The van der Waals surface area contributed by atoms with Crippen LogP contribution in [0.5, 0.6) is 0 Å². The molecule has 10 heteroatoms. The maximum absolute atomic E-state index is 13.1. The summed E-state index contributed by atoms with van der Waals surface area (Å²) in [5.74, 6) is -1.56. The third-order valence-electron chi connectivity index (χ3n) is 4.21. The number of methoxy groups -OCH3 is 1. The minimum absolute atomic E-state index is 0.0383. The molecule has 31 heavy (non-hydrogen) atoms. The number of thioether (sulfide) groups is 1. The highest BCUT2D eigenvalue weighted by Gasteiger charge is 2.59. The van der Waals surface area contributed by atoms with E-state index >= 15 is 0 Å². The van der Waals surface area contributed by atoms with Gasteiger partial charge in [-0.25, -0.2) is 9.80 Å². The van der Waals surface area contributed by atoms with E-state index in [1.807, 2.05) is 32.2 Å². The van der Waals surface area contributed by atoms with Crippen molar-refractivity contribution in [1.29, 1.82) is 0 Å². The average molecular weight is 454 g/mol. The number of nitrogens with zero attached hydrogens (tertiary/aromatic N) is 3. The summed E-state index contributed by atoms with van der Waals surface area (Å²) in [5, 5.41) is 16.1. The zero-order valence-corrected chi connectivity index (χ0v) is 20.1. The summed E-state index contributed by atoms with van der Waals surface area (Å²) in [6, 6.07) is 7.02. The summed E-state index contributed by atoms with van der Waals surface area (Å²) in [7, 11) is 2.53. The first-order chi connectivity index (χ1) is 14.5. The molecule has 0 aliphatic carbocycles. The van der Waals surface area contributed by atoms with Crippen molar-refractivity contribution in [2.75, 3.05) is 20.4 Å². The molecule has 1 aromatic carbocycles. The molecule has 1 atom stereocenters. The third-order valence-corrected chi connectivity index (χ3v) is 4.95. The van der Waals surface area contributed by atoms with Crippen LogP contribution < -0.4 is 0 Å². The number of benzene rings is 1. The van der Waals surface area contributed by atoms with E-state index in [4.69, 9.17) is 9.47 Å². The number of carbonyl (C=O) groups is 3. The van der Waals surface area contributed by atoms with Crippen molar-refractivity contribution in [3.05, 3.63) is 29.8 Å². The van der Waals surface area contributed by atoms with Crippen LogP contribution in [-0.2, 0) is 19.1 Å². The van der Waals surface area contributed by atoms with E-state index in [0.29, 0.717) is 5.56 Å². The lowest BCUT2D eigenvalue weighted by molar-refractivity contribution is -0.172. The molecule has 0 saturated carbocycles. The Morgan fingerprint density at radius 1 is 1.23 bits per heavy atom. The van der Waals surface area contributed by atoms with Crippen molar-refractivity contribution in [2.24, 2.45) is 5.10 Å². The largest absolute Gasteiger partial charge is 0.469 e. The minimum atomic E-state index is -2.12. The van der Waals surface area contributed by atoms with Gasteiger partial charge in [0, 0.05) is 17.5 Å². The molecule has 0 bridgehead atoms. The van der Waals surface area contributed by atoms with Gasteiger partial charge in [-0.1, -0.05) is 26.0 Å². The zero-order chi connectivity index (χ0) is 24.0. The van der Waals surface area contributed by atoms with Crippen LogP contribution in [-0.4, -0.2) is 70.5 Å². The fourth-order valence-corrected chi connectivity index (χ4v) is 3.27. The van der Waals surface area contributed by atoms with Crippen LogP contribution in [0.15, 0.2) is 34.3 Å². The average Bonchev–Trinajstić information content (AvgIpc) is 2.99. The van der Waals surface area contributed by atoms with E-state index in [0.717, 1.165) is 17.0 Å². The molecule has 1 aliphatic heterocycles. The van der Waals surface area contributed by atoms with Crippen molar-refractivity contribution < 1.29 is 29.1 Å². The van der Waals surface area contributed by atoms with Crippen LogP contribution in [0.1, 0.15) is 46.6 Å². The van der Waals surface area contributed by atoms with E-state index in [2.05, 4.69) is 5.10 Å². The van der Waals surface area contributed by atoms with E-state index in [1.54, 1.807) is 32.9 Å². The quantitative estimate of drug-likeness (QED) is 0.314. The predicted molar refractivity (Wildman–Crippen MR) is 118 cm³/mol. The number of hydroxylamine groups is 2. The molecule has 0 saturated heterocycles. The second-order valence-corrected chi connectivity index (χ2v) is 8.29. The SMILES string of the molecule is CC.COC(=O)CC1(N(O)C(=O)OC(C)(C)C)C(=O)N(C)N=C1c1ccc(SC)cc1. The number of hydrazone groups is 1.